The topological polar surface area (TPSA) is 96.2 Å². The second-order valence-electron chi connectivity index (χ2n) is 16.4. The van der Waals surface area contributed by atoms with Crippen LogP contribution in [0.15, 0.2) is 41.5 Å². The van der Waals surface area contributed by atoms with Gasteiger partial charge in [-0.2, -0.15) is 0 Å². The lowest BCUT2D eigenvalue weighted by atomic mass is 9.42. The first-order chi connectivity index (χ1) is 20.8. The molecule has 0 amide bonds. The number of rotatable bonds is 7. The summed E-state index contributed by atoms with van der Waals surface area (Å²) in [6.45, 7) is 11.7. The maximum Gasteiger partial charge on any atom is 0.162 e. The molecule has 1 aliphatic heterocycles. The summed E-state index contributed by atoms with van der Waals surface area (Å²) < 4.78 is 12.4. The molecule has 13 atom stereocenters. The van der Waals surface area contributed by atoms with Gasteiger partial charge in [-0.25, -0.2) is 0 Å². The Labute approximate surface area is 263 Å². The molecule has 44 heavy (non-hydrogen) atoms. The van der Waals surface area contributed by atoms with Crippen LogP contribution in [0.3, 0.4) is 0 Å². The van der Waals surface area contributed by atoms with Crippen molar-refractivity contribution >= 4 is 5.78 Å². The minimum Gasteiger partial charge on any atom is -0.387 e. The molecular formula is C38H54O6. The number of hydrogen-bond donors (Lipinski definition) is 3. The van der Waals surface area contributed by atoms with E-state index in [4.69, 9.17) is 9.47 Å². The molecule has 6 heteroatoms. The number of ether oxygens (including phenoxy) is 2. The van der Waals surface area contributed by atoms with Crippen LogP contribution in [0.25, 0.3) is 0 Å². The fraction of sp³-hybridized carbons (Fsp3) is 0.763. The molecule has 0 spiro atoms. The van der Waals surface area contributed by atoms with E-state index in [1.165, 1.54) is 5.56 Å². The first-order valence-corrected chi connectivity index (χ1v) is 17.5. The average Bonchev–Trinajstić information content (AvgIpc) is 3.46. The van der Waals surface area contributed by atoms with E-state index < -0.39 is 28.8 Å². The molecule has 0 bridgehead atoms. The van der Waals surface area contributed by atoms with Crippen LogP contribution in [-0.4, -0.2) is 63.8 Å². The van der Waals surface area contributed by atoms with Crippen molar-refractivity contribution in [1.29, 1.82) is 0 Å². The maximum absolute atomic E-state index is 14.4. The predicted molar refractivity (Wildman–Crippen MR) is 169 cm³/mol. The van der Waals surface area contributed by atoms with Crippen molar-refractivity contribution in [2.24, 2.45) is 46.3 Å². The van der Waals surface area contributed by atoms with E-state index >= 15 is 0 Å². The summed E-state index contributed by atoms with van der Waals surface area (Å²) in [4.78, 5) is 14.4. The Hall–Kier alpha value is -1.57. The number of fused-ring (bicyclic) bond motifs is 2. The summed E-state index contributed by atoms with van der Waals surface area (Å²) >= 11 is 0. The normalized spacial score (nSPS) is 46.8. The van der Waals surface area contributed by atoms with Crippen molar-refractivity contribution in [3.63, 3.8) is 0 Å². The number of aliphatic hydroxyl groups is 3. The third-order valence-electron chi connectivity index (χ3n) is 14.4. The second-order valence-corrected chi connectivity index (χ2v) is 16.4. The van der Waals surface area contributed by atoms with Gasteiger partial charge in [-0.3, -0.25) is 4.79 Å². The Morgan fingerprint density at radius 3 is 2.52 bits per heavy atom. The van der Waals surface area contributed by atoms with Gasteiger partial charge in [0, 0.05) is 17.9 Å². The highest BCUT2D eigenvalue weighted by molar-refractivity contribution is 6.00. The van der Waals surface area contributed by atoms with E-state index in [1.54, 1.807) is 6.92 Å². The number of carbonyl (C=O) groups excluding carboxylic acids is 1. The fourth-order valence-corrected chi connectivity index (χ4v) is 11.5. The number of allylic oxidation sites excluding steroid dienone is 1. The lowest BCUT2D eigenvalue weighted by Gasteiger charge is -2.63. The first-order valence-electron chi connectivity index (χ1n) is 17.5. The molecule has 1 aromatic carbocycles. The van der Waals surface area contributed by atoms with Crippen LogP contribution in [0.1, 0.15) is 91.5 Å². The Morgan fingerprint density at radius 2 is 1.82 bits per heavy atom. The molecule has 4 fully saturated rings. The zero-order valence-corrected chi connectivity index (χ0v) is 27.4. The lowest BCUT2D eigenvalue weighted by molar-refractivity contribution is -0.196. The molecule has 1 heterocycles. The zero-order chi connectivity index (χ0) is 31.2. The van der Waals surface area contributed by atoms with E-state index in [-0.39, 0.29) is 46.9 Å². The first kappa shape index (κ1) is 31.1. The highest BCUT2D eigenvalue weighted by Gasteiger charge is 2.74. The summed E-state index contributed by atoms with van der Waals surface area (Å²) in [6.07, 6.45) is 5.93. The van der Waals surface area contributed by atoms with Gasteiger partial charge < -0.3 is 24.8 Å². The average molecular weight is 607 g/mol. The van der Waals surface area contributed by atoms with E-state index in [0.717, 1.165) is 56.1 Å². The molecular weight excluding hydrogens is 552 g/mol. The van der Waals surface area contributed by atoms with Crippen LogP contribution < -0.4 is 0 Å². The third-order valence-corrected chi connectivity index (χ3v) is 14.4. The summed E-state index contributed by atoms with van der Waals surface area (Å²) in [5.41, 5.74) is -0.214. The standard InChI is InChI=1S/C38H54O6/c1-22-21-44-33(23(22)2)34(40)37(5,41)30-19-25-11-12-27-31-28(14-17-36(30,4)38(25,31)42)35(3)16-13-26(20-29(35)32(27)39)43-18-15-24-9-7-6-8-10-24/h6-10,22-23,25-26,28-30,33-34,40-42H,11-21H2,1-5H3/t22-,23-,25-,26+,28+,29+,30-,33+,34-,35+,36-,37+,38-/m1/s1. The van der Waals surface area contributed by atoms with Gasteiger partial charge in [0.05, 0.1) is 30.0 Å². The summed E-state index contributed by atoms with van der Waals surface area (Å²) in [6, 6.07) is 10.4. The molecule has 1 aromatic rings. The number of Topliss-reactive ketones (excluding diaryl/α,β-unsaturated/α-hetero) is 1. The Balaban J connectivity index is 1.16. The Kier molecular flexibility index (Phi) is 7.57. The van der Waals surface area contributed by atoms with E-state index in [9.17, 15) is 20.1 Å². The van der Waals surface area contributed by atoms with Crippen molar-refractivity contribution in [3.05, 3.63) is 47.0 Å². The second kappa shape index (κ2) is 10.7. The minimum absolute atomic E-state index is 0.0239. The van der Waals surface area contributed by atoms with Gasteiger partial charge in [-0.15, -0.1) is 0 Å². The maximum atomic E-state index is 14.4. The van der Waals surface area contributed by atoms with Crippen LogP contribution in [-0.2, 0) is 20.7 Å². The molecule has 3 saturated carbocycles. The number of benzene rings is 1. The largest absolute Gasteiger partial charge is 0.387 e. The van der Waals surface area contributed by atoms with Gasteiger partial charge in [0.1, 0.15) is 6.10 Å². The van der Waals surface area contributed by atoms with E-state index in [2.05, 4.69) is 52.0 Å². The molecule has 0 radical (unpaired) electrons. The quantitative estimate of drug-likeness (QED) is 0.371. The fourth-order valence-electron chi connectivity index (χ4n) is 11.5. The van der Waals surface area contributed by atoms with Crippen molar-refractivity contribution in [2.45, 2.75) is 122 Å². The SMILES string of the molecule is C[C@H]1[C@@H]([C@@H](O)[C@@](C)(O)[C@@H]2C[C@H]3CCC4=C5[C@H](CC[C@@]2(C)[C@]53O)[C@]2(C)CC[C@H](OCCc3ccccc3)C[C@H]2C4=O)OC[C@H]1C. The highest BCUT2D eigenvalue weighted by Crippen LogP contribution is 2.73. The van der Waals surface area contributed by atoms with Gasteiger partial charge in [0.15, 0.2) is 5.78 Å². The van der Waals surface area contributed by atoms with Crippen molar-refractivity contribution in [3.8, 4) is 0 Å². The smallest absolute Gasteiger partial charge is 0.162 e. The molecule has 6 nitrogen and oxygen atoms in total. The van der Waals surface area contributed by atoms with Gasteiger partial charge in [-0.05, 0) is 116 Å². The van der Waals surface area contributed by atoms with Crippen LogP contribution >= 0.6 is 0 Å². The molecule has 1 saturated heterocycles. The van der Waals surface area contributed by atoms with Crippen LogP contribution in [0, 0.1) is 46.3 Å². The number of hydrogen-bond acceptors (Lipinski definition) is 6. The molecule has 0 unspecified atom stereocenters. The van der Waals surface area contributed by atoms with E-state index in [1.807, 2.05) is 6.07 Å². The summed E-state index contributed by atoms with van der Waals surface area (Å²) in [5, 5.41) is 37.0. The predicted octanol–water partition coefficient (Wildman–Crippen LogP) is 5.66. The Bertz CT molecular complexity index is 1310. The number of ketones is 1. The van der Waals surface area contributed by atoms with Crippen molar-refractivity contribution in [1.82, 2.24) is 0 Å². The number of aliphatic hydroxyl groups excluding tert-OH is 1. The van der Waals surface area contributed by atoms with Crippen LogP contribution in [0.2, 0.25) is 0 Å². The van der Waals surface area contributed by atoms with Crippen molar-refractivity contribution in [2.75, 3.05) is 13.2 Å². The Morgan fingerprint density at radius 1 is 1.07 bits per heavy atom. The minimum atomic E-state index is -1.42. The molecule has 3 N–H and O–H groups in total. The summed E-state index contributed by atoms with van der Waals surface area (Å²) in [5.74, 6) is 0.481. The number of carbonyl (C=O) groups is 1. The van der Waals surface area contributed by atoms with Crippen LogP contribution in [0.4, 0.5) is 0 Å². The zero-order valence-electron chi connectivity index (χ0n) is 27.4. The third kappa shape index (κ3) is 4.26. The molecule has 0 aromatic heterocycles. The van der Waals surface area contributed by atoms with Gasteiger partial charge >= 0.3 is 0 Å². The van der Waals surface area contributed by atoms with Gasteiger partial charge in [0.25, 0.3) is 0 Å². The van der Waals surface area contributed by atoms with E-state index in [0.29, 0.717) is 32.0 Å². The highest BCUT2D eigenvalue weighted by atomic mass is 16.5. The molecule has 5 aliphatic carbocycles. The van der Waals surface area contributed by atoms with Gasteiger partial charge in [0.2, 0.25) is 0 Å². The molecule has 7 rings (SSSR count). The van der Waals surface area contributed by atoms with Crippen LogP contribution in [0.5, 0.6) is 0 Å². The summed E-state index contributed by atoms with van der Waals surface area (Å²) in [7, 11) is 0. The monoisotopic (exact) mass is 606 g/mol. The van der Waals surface area contributed by atoms with Gasteiger partial charge in [-0.1, -0.05) is 58.0 Å². The lowest BCUT2D eigenvalue weighted by Crippen LogP contribution is -2.65. The molecule has 6 aliphatic rings. The molecule has 242 valence electrons. The van der Waals surface area contributed by atoms with Crippen molar-refractivity contribution < 1.29 is 29.6 Å².